The fraction of sp³-hybridized carbons (Fsp3) is 0.0952. The molecule has 0 atom stereocenters. The van der Waals surface area contributed by atoms with Crippen molar-refractivity contribution in [3.05, 3.63) is 76.3 Å². The molecule has 0 fully saturated rings. The van der Waals surface area contributed by atoms with E-state index in [0.29, 0.717) is 28.5 Å². The highest BCUT2D eigenvalue weighted by Gasteiger charge is 2.32. The predicted molar refractivity (Wildman–Crippen MR) is 105 cm³/mol. The quantitative estimate of drug-likeness (QED) is 0.637. The highest BCUT2D eigenvalue weighted by Crippen LogP contribution is 2.34. The molecule has 4 nitrogen and oxygen atoms in total. The van der Waals surface area contributed by atoms with Gasteiger partial charge in [-0.25, -0.2) is 4.98 Å². The number of nitrogens with zero attached hydrogens (tertiary/aromatic N) is 3. The van der Waals surface area contributed by atoms with Gasteiger partial charge in [0.25, 0.3) is 0 Å². The van der Waals surface area contributed by atoms with E-state index in [1.165, 1.54) is 0 Å². The number of ketones is 1. The van der Waals surface area contributed by atoms with Gasteiger partial charge in [-0.3, -0.25) is 9.79 Å². The maximum absolute atomic E-state index is 13.1. The summed E-state index contributed by atoms with van der Waals surface area (Å²) in [5.74, 6) is 1.53. The smallest absolute Gasteiger partial charge is 0.196 e. The average Bonchev–Trinajstić information content (AvgIpc) is 3.16. The van der Waals surface area contributed by atoms with Crippen molar-refractivity contribution in [3.63, 3.8) is 0 Å². The van der Waals surface area contributed by atoms with Crippen molar-refractivity contribution in [1.82, 2.24) is 4.98 Å². The summed E-state index contributed by atoms with van der Waals surface area (Å²) in [6.45, 7) is 1.40. The van der Waals surface area contributed by atoms with Crippen molar-refractivity contribution in [1.29, 1.82) is 0 Å². The van der Waals surface area contributed by atoms with Crippen LogP contribution in [0.4, 0.5) is 5.82 Å². The van der Waals surface area contributed by atoms with E-state index in [0.717, 1.165) is 28.8 Å². The fourth-order valence-corrected chi connectivity index (χ4v) is 3.60. The second-order valence-electron chi connectivity index (χ2n) is 6.34. The number of fused-ring (bicyclic) bond motifs is 4. The maximum Gasteiger partial charge on any atom is 0.196 e. The van der Waals surface area contributed by atoms with E-state index < -0.39 is 0 Å². The minimum atomic E-state index is -0.0499. The van der Waals surface area contributed by atoms with E-state index in [1.54, 1.807) is 24.3 Å². The minimum Gasteiger partial charge on any atom is -0.308 e. The Bertz CT molecular complexity index is 1120. The first-order valence-corrected chi connectivity index (χ1v) is 8.82. The van der Waals surface area contributed by atoms with Crippen LogP contribution >= 0.6 is 11.6 Å². The average molecular weight is 360 g/mol. The van der Waals surface area contributed by atoms with E-state index in [1.807, 2.05) is 35.2 Å². The van der Waals surface area contributed by atoms with Gasteiger partial charge in [-0.2, -0.15) is 0 Å². The molecule has 126 valence electrons. The van der Waals surface area contributed by atoms with Gasteiger partial charge in [0.15, 0.2) is 5.78 Å². The summed E-state index contributed by atoms with van der Waals surface area (Å²) >= 11 is 5.95. The molecule has 1 aromatic heterocycles. The van der Waals surface area contributed by atoms with Crippen molar-refractivity contribution in [2.75, 3.05) is 18.0 Å². The van der Waals surface area contributed by atoms with Crippen molar-refractivity contribution < 1.29 is 4.79 Å². The first-order chi connectivity index (χ1) is 12.7. The number of aromatic nitrogens is 1. The monoisotopic (exact) mass is 359 g/mol. The number of pyridine rings is 1. The summed E-state index contributed by atoms with van der Waals surface area (Å²) in [4.78, 5) is 24.5. The summed E-state index contributed by atoms with van der Waals surface area (Å²) in [5.41, 5.74) is 3.10. The Hall–Kier alpha value is -2.98. The number of halogens is 1. The summed E-state index contributed by atoms with van der Waals surface area (Å²) in [6.07, 6.45) is 1.91. The number of aliphatic imine (C=N–C) groups is 1. The van der Waals surface area contributed by atoms with E-state index in [4.69, 9.17) is 16.6 Å². The molecule has 0 aliphatic carbocycles. The van der Waals surface area contributed by atoms with Crippen molar-refractivity contribution >= 4 is 46.0 Å². The number of benzene rings is 2. The van der Waals surface area contributed by atoms with Crippen LogP contribution in [0.1, 0.15) is 15.9 Å². The van der Waals surface area contributed by atoms with Crippen LogP contribution in [0.3, 0.4) is 0 Å². The number of carbonyl (C=O) groups excluding carboxylic acids is 1. The number of para-hydroxylation sites is 1. The van der Waals surface area contributed by atoms with Crippen LogP contribution in [0.5, 0.6) is 0 Å². The van der Waals surface area contributed by atoms with Gasteiger partial charge in [-0.1, -0.05) is 29.8 Å². The SMILES string of the molecule is O=C(C1=Cc2cc3ccccc3nc2N2CCN=C12)c1ccc(Cl)cc1. The lowest BCUT2D eigenvalue weighted by atomic mass is 9.96. The minimum absolute atomic E-state index is 0.0499. The Morgan fingerprint density at radius 3 is 2.73 bits per heavy atom. The topological polar surface area (TPSA) is 45.6 Å². The zero-order chi connectivity index (χ0) is 17.7. The number of hydrogen-bond acceptors (Lipinski definition) is 4. The van der Waals surface area contributed by atoms with Gasteiger partial charge in [-0.05, 0) is 42.5 Å². The standard InChI is InChI=1S/C21H14ClN3O/c22-16-7-5-13(6-8-16)19(26)17-12-15-11-14-3-1-2-4-18(14)24-20(15)25-10-9-23-21(17)25/h1-8,11-12H,9-10H2. The van der Waals surface area contributed by atoms with Crippen LogP contribution in [-0.2, 0) is 0 Å². The largest absolute Gasteiger partial charge is 0.308 e. The Morgan fingerprint density at radius 2 is 1.88 bits per heavy atom. The summed E-state index contributed by atoms with van der Waals surface area (Å²) in [7, 11) is 0. The molecule has 0 radical (unpaired) electrons. The Morgan fingerprint density at radius 1 is 1.08 bits per heavy atom. The molecule has 26 heavy (non-hydrogen) atoms. The molecular formula is C21H14ClN3O. The third kappa shape index (κ3) is 2.34. The molecule has 0 saturated heterocycles. The van der Waals surface area contributed by atoms with Crippen LogP contribution in [0.2, 0.25) is 5.02 Å². The maximum atomic E-state index is 13.1. The number of rotatable bonds is 2. The van der Waals surface area contributed by atoms with Crippen LogP contribution in [0.25, 0.3) is 17.0 Å². The summed E-state index contributed by atoms with van der Waals surface area (Å²) < 4.78 is 0. The van der Waals surface area contributed by atoms with Crippen LogP contribution in [-0.4, -0.2) is 29.7 Å². The third-order valence-electron chi connectivity index (χ3n) is 4.72. The second-order valence-corrected chi connectivity index (χ2v) is 6.78. The summed E-state index contributed by atoms with van der Waals surface area (Å²) in [5, 5.41) is 1.67. The van der Waals surface area contributed by atoms with Crippen molar-refractivity contribution in [3.8, 4) is 0 Å². The number of carbonyl (C=O) groups is 1. The third-order valence-corrected chi connectivity index (χ3v) is 4.97. The highest BCUT2D eigenvalue weighted by molar-refractivity contribution is 6.36. The number of Topliss-reactive ketones (excluding diaryl/α,β-unsaturated/α-hetero) is 1. The highest BCUT2D eigenvalue weighted by atomic mass is 35.5. The van der Waals surface area contributed by atoms with E-state index in [2.05, 4.69) is 11.1 Å². The lowest BCUT2D eigenvalue weighted by molar-refractivity contribution is 0.104. The molecular weight excluding hydrogens is 346 g/mol. The normalized spacial score (nSPS) is 15.3. The van der Waals surface area contributed by atoms with E-state index in [-0.39, 0.29) is 5.78 Å². The molecule has 0 amide bonds. The molecule has 2 aliphatic heterocycles. The molecule has 2 aromatic carbocycles. The van der Waals surface area contributed by atoms with Gasteiger partial charge >= 0.3 is 0 Å². The molecule has 0 N–H and O–H groups in total. The van der Waals surface area contributed by atoms with Gasteiger partial charge in [-0.15, -0.1) is 0 Å². The number of hydrogen-bond donors (Lipinski definition) is 0. The van der Waals surface area contributed by atoms with Gasteiger partial charge in [0.05, 0.1) is 17.6 Å². The first-order valence-electron chi connectivity index (χ1n) is 8.45. The lowest BCUT2D eigenvalue weighted by Crippen LogP contribution is -2.35. The zero-order valence-corrected chi connectivity index (χ0v) is 14.6. The molecule has 2 aliphatic rings. The Balaban J connectivity index is 1.68. The van der Waals surface area contributed by atoms with Gasteiger partial charge < -0.3 is 4.90 Å². The predicted octanol–water partition coefficient (Wildman–Crippen LogP) is 4.39. The number of anilines is 1. The molecule has 5 rings (SSSR count). The molecule has 3 aromatic rings. The molecule has 0 bridgehead atoms. The molecule has 5 heteroatoms. The van der Waals surface area contributed by atoms with Crippen molar-refractivity contribution in [2.45, 2.75) is 0 Å². The van der Waals surface area contributed by atoms with Gasteiger partial charge in [0.2, 0.25) is 0 Å². The number of amidine groups is 1. The molecule has 0 unspecified atom stereocenters. The van der Waals surface area contributed by atoms with E-state index >= 15 is 0 Å². The van der Waals surface area contributed by atoms with Crippen LogP contribution < -0.4 is 4.90 Å². The second kappa shape index (κ2) is 5.78. The first kappa shape index (κ1) is 15.3. The molecule has 0 spiro atoms. The van der Waals surface area contributed by atoms with Gasteiger partial charge in [0, 0.05) is 28.1 Å². The zero-order valence-electron chi connectivity index (χ0n) is 13.8. The molecule has 3 heterocycles. The van der Waals surface area contributed by atoms with E-state index in [9.17, 15) is 4.79 Å². The van der Waals surface area contributed by atoms with Crippen molar-refractivity contribution in [2.24, 2.45) is 4.99 Å². The fourth-order valence-electron chi connectivity index (χ4n) is 3.47. The Kier molecular flexibility index (Phi) is 3.40. The Labute approximate surface area is 155 Å². The van der Waals surface area contributed by atoms with Gasteiger partial charge in [0.1, 0.15) is 11.7 Å². The lowest BCUT2D eigenvalue weighted by Gasteiger charge is -2.27. The van der Waals surface area contributed by atoms with Crippen LogP contribution in [0, 0.1) is 0 Å². The van der Waals surface area contributed by atoms with Crippen LogP contribution in [0.15, 0.2) is 65.2 Å². The summed E-state index contributed by atoms with van der Waals surface area (Å²) in [6, 6.07) is 17.1. The molecule has 0 saturated carbocycles.